The summed E-state index contributed by atoms with van der Waals surface area (Å²) in [5.74, 6) is 0. The van der Waals surface area contributed by atoms with E-state index in [1.807, 2.05) is 11.3 Å². The summed E-state index contributed by atoms with van der Waals surface area (Å²) in [6, 6.07) is 2.92. The van der Waals surface area contributed by atoms with Crippen molar-refractivity contribution < 1.29 is 0 Å². The van der Waals surface area contributed by atoms with Crippen LogP contribution in [0.2, 0.25) is 0 Å². The molecule has 16 heavy (non-hydrogen) atoms. The van der Waals surface area contributed by atoms with Crippen LogP contribution in [0.1, 0.15) is 17.4 Å². The fraction of sp³-hybridized carbons (Fsp3) is 0.636. The lowest BCUT2D eigenvalue weighted by Crippen LogP contribution is -2.48. The molecule has 1 aliphatic rings. The number of hydrogen-bond donors (Lipinski definition) is 1. The first-order chi connectivity index (χ1) is 7.15. The van der Waals surface area contributed by atoms with Gasteiger partial charge in [0.15, 0.2) is 0 Å². The molecule has 92 valence electrons. The van der Waals surface area contributed by atoms with Gasteiger partial charge in [0.1, 0.15) is 0 Å². The van der Waals surface area contributed by atoms with Crippen molar-refractivity contribution in [2.24, 2.45) is 0 Å². The van der Waals surface area contributed by atoms with Gasteiger partial charge in [-0.3, -0.25) is 4.90 Å². The van der Waals surface area contributed by atoms with Crippen LogP contribution in [0.25, 0.3) is 0 Å². The van der Waals surface area contributed by atoms with Gasteiger partial charge in [0.05, 0.1) is 3.79 Å². The van der Waals surface area contributed by atoms with Crippen molar-refractivity contribution in [2.45, 2.75) is 26.4 Å². The molecule has 0 aromatic carbocycles. The van der Waals surface area contributed by atoms with E-state index >= 15 is 0 Å². The average molecular weight is 326 g/mol. The molecule has 0 radical (unpaired) electrons. The first kappa shape index (κ1) is 14.5. The van der Waals surface area contributed by atoms with E-state index in [0.717, 1.165) is 19.6 Å². The number of piperazine rings is 1. The van der Waals surface area contributed by atoms with Gasteiger partial charge in [-0.05, 0) is 41.4 Å². The molecular weight excluding hydrogens is 308 g/mol. The zero-order valence-corrected chi connectivity index (χ0v) is 12.8. The summed E-state index contributed by atoms with van der Waals surface area (Å²) in [5, 5.41) is 3.47. The summed E-state index contributed by atoms with van der Waals surface area (Å²) in [6.45, 7) is 8.95. The Morgan fingerprint density at radius 2 is 2.38 bits per heavy atom. The van der Waals surface area contributed by atoms with Crippen LogP contribution in [0.4, 0.5) is 0 Å². The number of aryl methyl sites for hydroxylation is 1. The highest BCUT2D eigenvalue weighted by molar-refractivity contribution is 9.11. The molecule has 1 aromatic heterocycles. The van der Waals surface area contributed by atoms with Gasteiger partial charge in [-0.15, -0.1) is 23.7 Å². The molecule has 0 aliphatic carbocycles. The Kier molecular flexibility index (Phi) is 5.74. The summed E-state index contributed by atoms with van der Waals surface area (Å²) in [4.78, 5) is 3.99. The van der Waals surface area contributed by atoms with Crippen LogP contribution in [-0.4, -0.2) is 30.6 Å². The molecule has 0 unspecified atom stereocenters. The van der Waals surface area contributed by atoms with Crippen molar-refractivity contribution >= 4 is 39.7 Å². The summed E-state index contributed by atoms with van der Waals surface area (Å²) >= 11 is 5.44. The van der Waals surface area contributed by atoms with Crippen molar-refractivity contribution in [1.82, 2.24) is 10.2 Å². The second kappa shape index (κ2) is 6.36. The number of nitrogens with zero attached hydrogens (tertiary/aromatic N) is 1. The summed E-state index contributed by atoms with van der Waals surface area (Å²) < 4.78 is 1.28. The van der Waals surface area contributed by atoms with Crippen LogP contribution in [0, 0.1) is 6.92 Å². The predicted octanol–water partition coefficient (Wildman–Crippen LogP) is 3.03. The van der Waals surface area contributed by atoms with Crippen molar-refractivity contribution in [3.05, 3.63) is 20.3 Å². The van der Waals surface area contributed by atoms with Gasteiger partial charge in [-0.2, -0.15) is 0 Å². The quantitative estimate of drug-likeness (QED) is 0.899. The normalized spacial score (nSPS) is 21.8. The minimum atomic E-state index is 0. The third-order valence-corrected chi connectivity index (χ3v) is 4.86. The molecular formula is C11H18BrClN2S. The Bertz CT molecular complexity index is 323. The van der Waals surface area contributed by atoms with E-state index in [0.29, 0.717) is 6.04 Å². The molecule has 1 fully saturated rings. The highest BCUT2D eigenvalue weighted by atomic mass is 79.9. The van der Waals surface area contributed by atoms with E-state index in [-0.39, 0.29) is 12.4 Å². The van der Waals surface area contributed by atoms with E-state index in [2.05, 4.69) is 46.1 Å². The van der Waals surface area contributed by atoms with Crippen LogP contribution in [0.3, 0.4) is 0 Å². The lowest BCUT2D eigenvalue weighted by atomic mass is 10.2. The fourth-order valence-corrected chi connectivity index (χ4v) is 3.65. The third kappa shape index (κ3) is 3.70. The second-order valence-electron chi connectivity index (χ2n) is 4.26. The molecule has 0 bridgehead atoms. The number of hydrogen-bond acceptors (Lipinski definition) is 3. The minimum Gasteiger partial charge on any atom is -0.312 e. The van der Waals surface area contributed by atoms with Gasteiger partial charge in [-0.25, -0.2) is 0 Å². The van der Waals surface area contributed by atoms with Gasteiger partial charge in [0.2, 0.25) is 0 Å². The molecule has 1 N–H and O–H groups in total. The van der Waals surface area contributed by atoms with E-state index < -0.39 is 0 Å². The summed E-state index contributed by atoms with van der Waals surface area (Å²) in [7, 11) is 0. The van der Waals surface area contributed by atoms with Gasteiger partial charge in [0.25, 0.3) is 0 Å². The second-order valence-corrected chi connectivity index (χ2v) is 6.71. The van der Waals surface area contributed by atoms with Crippen molar-refractivity contribution in [1.29, 1.82) is 0 Å². The number of nitrogens with one attached hydrogen (secondary N) is 1. The Balaban J connectivity index is 0.00000128. The predicted molar refractivity (Wildman–Crippen MR) is 76.7 cm³/mol. The van der Waals surface area contributed by atoms with Crippen LogP contribution in [0.15, 0.2) is 9.85 Å². The van der Waals surface area contributed by atoms with Gasteiger partial charge in [0, 0.05) is 37.1 Å². The molecule has 2 nitrogen and oxygen atoms in total. The molecule has 5 heteroatoms. The lowest BCUT2D eigenvalue weighted by molar-refractivity contribution is 0.201. The zero-order chi connectivity index (χ0) is 10.8. The van der Waals surface area contributed by atoms with Crippen molar-refractivity contribution in [3.8, 4) is 0 Å². The Morgan fingerprint density at radius 3 is 2.94 bits per heavy atom. The van der Waals surface area contributed by atoms with Gasteiger partial charge < -0.3 is 5.32 Å². The number of halogens is 2. The maximum absolute atomic E-state index is 3.58. The lowest BCUT2D eigenvalue weighted by Gasteiger charge is -2.31. The van der Waals surface area contributed by atoms with Crippen LogP contribution in [-0.2, 0) is 6.54 Å². The monoisotopic (exact) mass is 324 g/mol. The molecule has 1 aliphatic heterocycles. The summed E-state index contributed by atoms with van der Waals surface area (Å²) in [5.41, 5.74) is 1.36. The number of thiophene rings is 1. The summed E-state index contributed by atoms with van der Waals surface area (Å²) in [6.07, 6.45) is 0. The molecule has 0 amide bonds. The first-order valence-electron chi connectivity index (χ1n) is 5.35. The Morgan fingerprint density at radius 1 is 1.62 bits per heavy atom. The molecule has 2 heterocycles. The standard InChI is InChI=1S/C11H17BrN2S.ClH/c1-8-5-10(15-11(8)12)7-14-4-3-13-9(2)6-14;/h5,9,13H,3-4,6-7H2,1-2H3;1H/t9-;/m0./s1. The van der Waals surface area contributed by atoms with Crippen LogP contribution >= 0.6 is 39.7 Å². The minimum absolute atomic E-state index is 0. The molecule has 0 spiro atoms. The van der Waals surface area contributed by atoms with E-state index in [1.165, 1.54) is 20.8 Å². The topological polar surface area (TPSA) is 15.3 Å². The van der Waals surface area contributed by atoms with E-state index in [9.17, 15) is 0 Å². The highest BCUT2D eigenvalue weighted by Crippen LogP contribution is 2.28. The molecule has 1 aromatic rings. The first-order valence-corrected chi connectivity index (χ1v) is 6.96. The van der Waals surface area contributed by atoms with E-state index in [4.69, 9.17) is 0 Å². The average Bonchev–Trinajstić information content (AvgIpc) is 2.45. The van der Waals surface area contributed by atoms with Crippen LogP contribution in [0.5, 0.6) is 0 Å². The number of rotatable bonds is 2. The highest BCUT2D eigenvalue weighted by Gasteiger charge is 2.16. The van der Waals surface area contributed by atoms with Gasteiger partial charge in [-0.1, -0.05) is 0 Å². The van der Waals surface area contributed by atoms with Gasteiger partial charge >= 0.3 is 0 Å². The Labute approximate surface area is 116 Å². The molecule has 1 atom stereocenters. The zero-order valence-electron chi connectivity index (χ0n) is 9.62. The Hall–Kier alpha value is 0.390. The third-order valence-electron chi connectivity index (χ3n) is 2.74. The van der Waals surface area contributed by atoms with Crippen molar-refractivity contribution in [3.63, 3.8) is 0 Å². The van der Waals surface area contributed by atoms with E-state index in [1.54, 1.807) is 0 Å². The van der Waals surface area contributed by atoms with Crippen LogP contribution < -0.4 is 5.32 Å². The maximum Gasteiger partial charge on any atom is 0.0730 e. The van der Waals surface area contributed by atoms with Crippen molar-refractivity contribution in [2.75, 3.05) is 19.6 Å². The fourth-order valence-electron chi connectivity index (χ4n) is 1.98. The molecule has 1 saturated heterocycles. The molecule has 0 saturated carbocycles. The largest absolute Gasteiger partial charge is 0.312 e. The molecule has 2 rings (SSSR count). The smallest absolute Gasteiger partial charge is 0.0730 e. The SMILES string of the molecule is Cc1cc(CN2CCN[C@@H](C)C2)sc1Br.Cl. The maximum atomic E-state index is 3.58.